The molecule has 2 heterocycles. The number of anilines is 2. The second-order valence-corrected chi connectivity index (χ2v) is 5.28. The summed E-state index contributed by atoms with van der Waals surface area (Å²) in [5, 5.41) is 21.2. The number of benzene rings is 1. The number of amides is 1. The van der Waals surface area contributed by atoms with Crippen LogP contribution in [0.25, 0.3) is 0 Å². The Morgan fingerprint density at radius 3 is 2.84 bits per heavy atom. The van der Waals surface area contributed by atoms with Crippen LogP contribution in [0.1, 0.15) is 32.9 Å². The van der Waals surface area contributed by atoms with Crippen LogP contribution in [0.2, 0.25) is 0 Å². The SMILES string of the molecule is Cc1c(C#N)noc1C(=O)Nc1ccc(N)c(C(=[NH2+])c2ccoc2)c1. The number of aromatic nitrogens is 1. The van der Waals surface area contributed by atoms with E-state index in [1.54, 1.807) is 31.2 Å². The van der Waals surface area contributed by atoms with Gasteiger partial charge in [-0.15, -0.1) is 0 Å². The van der Waals surface area contributed by atoms with Crippen molar-refractivity contribution in [2.75, 3.05) is 11.1 Å². The van der Waals surface area contributed by atoms with E-state index in [2.05, 4.69) is 10.5 Å². The van der Waals surface area contributed by atoms with Crippen molar-refractivity contribution in [3.8, 4) is 6.07 Å². The molecule has 2 aromatic heterocycles. The van der Waals surface area contributed by atoms with E-state index in [1.807, 2.05) is 6.07 Å². The van der Waals surface area contributed by atoms with Gasteiger partial charge in [-0.2, -0.15) is 5.26 Å². The summed E-state index contributed by atoms with van der Waals surface area (Å²) >= 11 is 0. The second kappa shape index (κ2) is 6.33. The van der Waals surface area contributed by atoms with Crippen molar-refractivity contribution in [3.63, 3.8) is 0 Å². The average Bonchev–Trinajstić information content (AvgIpc) is 3.25. The van der Waals surface area contributed by atoms with Gasteiger partial charge in [0.05, 0.1) is 17.4 Å². The van der Waals surface area contributed by atoms with Crippen molar-refractivity contribution in [2.24, 2.45) is 0 Å². The third kappa shape index (κ3) is 2.98. The quantitative estimate of drug-likeness (QED) is 0.476. The Morgan fingerprint density at radius 1 is 1.40 bits per heavy atom. The summed E-state index contributed by atoms with van der Waals surface area (Å²) in [7, 11) is 0. The van der Waals surface area contributed by atoms with Crippen LogP contribution in [-0.2, 0) is 0 Å². The fourth-order valence-corrected chi connectivity index (χ4v) is 2.28. The van der Waals surface area contributed by atoms with E-state index < -0.39 is 5.91 Å². The molecule has 25 heavy (non-hydrogen) atoms. The summed E-state index contributed by atoms with van der Waals surface area (Å²) in [6.07, 6.45) is 3.00. The molecule has 8 nitrogen and oxygen atoms in total. The highest BCUT2D eigenvalue weighted by Crippen LogP contribution is 2.22. The lowest BCUT2D eigenvalue weighted by molar-refractivity contribution is -0.111. The molecule has 8 heteroatoms. The Kier molecular flexibility index (Phi) is 4.05. The Balaban J connectivity index is 1.87. The molecule has 3 rings (SSSR count). The minimum absolute atomic E-state index is 0.0262. The second-order valence-electron chi connectivity index (χ2n) is 5.28. The summed E-state index contributed by atoms with van der Waals surface area (Å²) in [5.41, 5.74) is 9.01. The molecule has 0 saturated carbocycles. The monoisotopic (exact) mass is 336 g/mol. The highest BCUT2D eigenvalue weighted by molar-refractivity contribution is 6.13. The van der Waals surface area contributed by atoms with E-state index in [0.29, 0.717) is 33.8 Å². The molecule has 0 radical (unpaired) electrons. The van der Waals surface area contributed by atoms with Crippen LogP contribution in [0.5, 0.6) is 0 Å². The van der Waals surface area contributed by atoms with Crippen LogP contribution in [-0.4, -0.2) is 16.8 Å². The van der Waals surface area contributed by atoms with E-state index in [9.17, 15) is 4.79 Å². The average molecular weight is 336 g/mol. The Morgan fingerprint density at radius 2 is 2.20 bits per heavy atom. The number of furan rings is 1. The first-order valence-corrected chi connectivity index (χ1v) is 7.24. The van der Waals surface area contributed by atoms with Gasteiger partial charge in [-0.1, -0.05) is 5.16 Å². The molecular weight excluding hydrogens is 322 g/mol. The molecule has 124 valence electrons. The largest absolute Gasteiger partial charge is 0.472 e. The zero-order chi connectivity index (χ0) is 18.0. The van der Waals surface area contributed by atoms with Crippen molar-refractivity contribution >= 4 is 23.0 Å². The van der Waals surface area contributed by atoms with E-state index >= 15 is 0 Å². The molecule has 0 aliphatic heterocycles. The van der Waals surface area contributed by atoms with Crippen molar-refractivity contribution in [3.05, 3.63) is 64.9 Å². The lowest BCUT2D eigenvalue weighted by Gasteiger charge is -2.07. The molecule has 0 aliphatic rings. The van der Waals surface area contributed by atoms with Crippen LogP contribution >= 0.6 is 0 Å². The molecule has 0 bridgehead atoms. The predicted molar refractivity (Wildman–Crippen MR) is 88.6 cm³/mol. The summed E-state index contributed by atoms with van der Waals surface area (Å²) in [4.78, 5) is 12.3. The minimum atomic E-state index is -0.524. The molecule has 0 aliphatic carbocycles. The zero-order valence-electron chi connectivity index (χ0n) is 13.2. The zero-order valence-corrected chi connectivity index (χ0v) is 13.2. The third-order valence-corrected chi connectivity index (χ3v) is 3.67. The number of nitrogens with one attached hydrogen (secondary N) is 1. The Bertz CT molecular complexity index is 996. The minimum Gasteiger partial charge on any atom is -0.472 e. The highest BCUT2D eigenvalue weighted by Gasteiger charge is 2.20. The maximum atomic E-state index is 12.3. The number of nitriles is 1. The van der Waals surface area contributed by atoms with E-state index in [-0.39, 0.29) is 11.5 Å². The van der Waals surface area contributed by atoms with Gasteiger partial charge >= 0.3 is 0 Å². The molecule has 0 saturated heterocycles. The van der Waals surface area contributed by atoms with E-state index in [4.69, 9.17) is 25.3 Å². The topological polar surface area (TPSA) is 144 Å². The van der Waals surface area contributed by atoms with Gasteiger partial charge in [0.1, 0.15) is 12.3 Å². The van der Waals surface area contributed by atoms with Crippen LogP contribution in [0.3, 0.4) is 0 Å². The lowest BCUT2D eigenvalue weighted by Crippen LogP contribution is -2.41. The van der Waals surface area contributed by atoms with E-state index in [0.717, 1.165) is 0 Å². The van der Waals surface area contributed by atoms with Crippen molar-refractivity contribution in [2.45, 2.75) is 6.92 Å². The first kappa shape index (κ1) is 16.0. The molecule has 1 aromatic carbocycles. The summed E-state index contributed by atoms with van der Waals surface area (Å²) in [6, 6.07) is 8.47. The summed E-state index contributed by atoms with van der Waals surface area (Å²) < 4.78 is 9.95. The lowest BCUT2D eigenvalue weighted by atomic mass is 10.0. The number of nitrogens with zero attached hydrogens (tertiary/aromatic N) is 2. The first-order chi connectivity index (χ1) is 12.0. The first-order valence-electron chi connectivity index (χ1n) is 7.24. The number of nitrogens with two attached hydrogens (primary N) is 2. The number of hydrogen-bond donors (Lipinski definition) is 3. The standard InChI is InChI=1S/C17H13N5O3/c1-9-14(7-18)22-25-16(9)17(23)21-11-2-3-13(19)12(6-11)15(20)10-4-5-24-8-10/h2-6,8,20H,19H2,1H3,(H,21,23)/p+1. The van der Waals surface area contributed by atoms with Crippen molar-refractivity contribution < 1.29 is 19.1 Å². The molecule has 5 N–H and O–H groups in total. The fraction of sp³-hybridized carbons (Fsp3) is 0.0588. The molecule has 0 spiro atoms. The van der Waals surface area contributed by atoms with Crippen molar-refractivity contribution in [1.82, 2.24) is 5.16 Å². The van der Waals surface area contributed by atoms with Crippen LogP contribution in [0, 0.1) is 18.3 Å². The van der Waals surface area contributed by atoms with Gasteiger partial charge < -0.3 is 20.0 Å². The highest BCUT2D eigenvalue weighted by atomic mass is 16.5. The summed E-state index contributed by atoms with van der Waals surface area (Å²) in [5.74, 6) is -0.550. The number of nitrogen functional groups attached to an aromatic ring is 1. The van der Waals surface area contributed by atoms with Crippen LogP contribution < -0.4 is 16.5 Å². The molecule has 3 aromatic rings. The Hall–Kier alpha value is -3.86. The number of rotatable bonds is 4. The van der Waals surface area contributed by atoms with Gasteiger partial charge in [0.25, 0.3) is 5.91 Å². The maximum Gasteiger partial charge on any atom is 0.294 e. The number of carbonyl (C=O) groups is 1. The van der Waals surface area contributed by atoms with Gasteiger partial charge in [0, 0.05) is 16.9 Å². The molecular formula is C17H14N5O3+. The van der Waals surface area contributed by atoms with Crippen molar-refractivity contribution in [1.29, 1.82) is 5.26 Å². The summed E-state index contributed by atoms with van der Waals surface area (Å²) in [6.45, 7) is 1.59. The molecule has 0 fully saturated rings. The van der Waals surface area contributed by atoms with Gasteiger partial charge in [0.15, 0.2) is 5.69 Å². The Labute approximate surface area is 142 Å². The van der Waals surface area contributed by atoms with E-state index in [1.165, 1.54) is 12.5 Å². The third-order valence-electron chi connectivity index (χ3n) is 3.67. The maximum absolute atomic E-state index is 12.3. The normalized spacial score (nSPS) is 10.2. The number of carbonyl (C=O) groups excluding carboxylic acids is 1. The van der Waals surface area contributed by atoms with Gasteiger partial charge in [0.2, 0.25) is 11.5 Å². The molecule has 0 unspecified atom stereocenters. The van der Waals surface area contributed by atoms with Gasteiger partial charge in [-0.05, 0) is 31.2 Å². The number of hydrogen-bond acceptors (Lipinski definition) is 6. The van der Waals surface area contributed by atoms with Gasteiger partial charge in [-0.25, -0.2) is 0 Å². The predicted octanol–water partition coefficient (Wildman–Crippen LogP) is 0.879. The fourth-order valence-electron chi connectivity index (χ4n) is 2.28. The smallest absolute Gasteiger partial charge is 0.294 e. The van der Waals surface area contributed by atoms with Crippen LogP contribution in [0.4, 0.5) is 11.4 Å². The van der Waals surface area contributed by atoms with Crippen LogP contribution in [0.15, 0.2) is 45.7 Å². The molecule has 1 amide bonds. The molecule has 0 atom stereocenters. The van der Waals surface area contributed by atoms with Gasteiger partial charge in [-0.3, -0.25) is 10.2 Å².